The standard InChI is InChI=1S/C28H29Cl2NO4/c1-5-15(2)35-28(33)25-16(3)31-23-13-19(17-6-9-20(34-4)10-7-17)14-24(32)27(23)26(25)18-8-11-21(29)22(30)12-18/h6-12,15,19,26,31H,5,13-14H2,1-4H3/t15-,19+,26-/m0/s1. The zero-order chi connectivity index (χ0) is 25.3. The van der Waals surface area contributed by atoms with Gasteiger partial charge in [-0.25, -0.2) is 4.79 Å². The van der Waals surface area contributed by atoms with Crippen LogP contribution in [0.1, 0.15) is 63.0 Å². The first-order chi connectivity index (χ1) is 16.7. The normalized spacial score (nSPS) is 20.8. The van der Waals surface area contributed by atoms with Crippen LogP contribution >= 0.6 is 23.2 Å². The molecule has 0 fully saturated rings. The second kappa shape index (κ2) is 10.5. The topological polar surface area (TPSA) is 64.6 Å². The number of methoxy groups -OCH3 is 1. The molecule has 0 saturated carbocycles. The number of rotatable bonds is 6. The summed E-state index contributed by atoms with van der Waals surface area (Å²) in [5, 5.41) is 4.16. The number of esters is 1. The van der Waals surface area contributed by atoms with Gasteiger partial charge < -0.3 is 14.8 Å². The van der Waals surface area contributed by atoms with Crippen molar-refractivity contribution in [1.29, 1.82) is 0 Å². The lowest BCUT2D eigenvalue weighted by atomic mass is 9.71. The van der Waals surface area contributed by atoms with Crippen molar-refractivity contribution in [2.24, 2.45) is 0 Å². The van der Waals surface area contributed by atoms with Crippen LogP contribution < -0.4 is 10.1 Å². The molecule has 5 nitrogen and oxygen atoms in total. The third kappa shape index (κ3) is 5.12. The third-order valence-electron chi connectivity index (χ3n) is 6.79. The lowest BCUT2D eigenvalue weighted by molar-refractivity contribution is -0.144. The molecule has 3 atom stereocenters. The maximum Gasteiger partial charge on any atom is 0.337 e. The van der Waals surface area contributed by atoms with E-state index in [4.69, 9.17) is 32.7 Å². The van der Waals surface area contributed by atoms with E-state index < -0.39 is 11.9 Å². The number of halogens is 2. The van der Waals surface area contributed by atoms with E-state index in [1.54, 1.807) is 19.2 Å². The number of allylic oxidation sites excluding steroid dienone is 3. The van der Waals surface area contributed by atoms with Crippen LogP contribution in [0.5, 0.6) is 5.75 Å². The minimum atomic E-state index is -0.582. The van der Waals surface area contributed by atoms with E-state index in [2.05, 4.69) is 5.32 Å². The van der Waals surface area contributed by atoms with Crippen LogP contribution in [-0.4, -0.2) is 25.0 Å². The second-order valence-electron chi connectivity index (χ2n) is 9.09. The molecule has 1 heterocycles. The van der Waals surface area contributed by atoms with Crippen LogP contribution in [0.3, 0.4) is 0 Å². The Bertz CT molecular complexity index is 1220. The summed E-state index contributed by atoms with van der Waals surface area (Å²) < 4.78 is 11.0. The molecule has 35 heavy (non-hydrogen) atoms. The summed E-state index contributed by atoms with van der Waals surface area (Å²) in [5.41, 5.74) is 4.34. The van der Waals surface area contributed by atoms with Gasteiger partial charge in [0.1, 0.15) is 5.75 Å². The van der Waals surface area contributed by atoms with Crippen molar-refractivity contribution in [2.75, 3.05) is 7.11 Å². The van der Waals surface area contributed by atoms with E-state index in [1.807, 2.05) is 51.1 Å². The van der Waals surface area contributed by atoms with Crippen molar-refractivity contribution >= 4 is 35.0 Å². The fraction of sp³-hybridized carbons (Fsp3) is 0.357. The number of Topliss-reactive ketones (excluding diaryl/α,β-unsaturated/α-hetero) is 1. The molecule has 184 valence electrons. The highest BCUT2D eigenvalue weighted by Gasteiger charge is 2.41. The molecule has 0 spiro atoms. The largest absolute Gasteiger partial charge is 0.497 e. The summed E-state index contributed by atoms with van der Waals surface area (Å²) in [6.07, 6.45) is 1.45. The summed E-state index contributed by atoms with van der Waals surface area (Å²) in [5.74, 6) is -0.221. The monoisotopic (exact) mass is 513 g/mol. The average Bonchev–Trinajstić information content (AvgIpc) is 2.84. The van der Waals surface area contributed by atoms with Crippen LogP contribution in [0.15, 0.2) is 65.0 Å². The van der Waals surface area contributed by atoms with Gasteiger partial charge in [-0.2, -0.15) is 0 Å². The Kier molecular flexibility index (Phi) is 7.58. The zero-order valence-electron chi connectivity index (χ0n) is 20.3. The first-order valence-electron chi connectivity index (χ1n) is 11.8. The van der Waals surface area contributed by atoms with Crippen molar-refractivity contribution < 1.29 is 19.1 Å². The van der Waals surface area contributed by atoms with Crippen molar-refractivity contribution in [3.63, 3.8) is 0 Å². The highest BCUT2D eigenvalue weighted by atomic mass is 35.5. The summed E-state index contributed by atoms with van der Waals surface area (Å²) in [6.45, 7) is 5.66. The molecule has 1 aliphatic heterocycles. The van der Waals surface area contributed by atoms with Crippen LogP contribution in [0.25, 0.3) is 0 Å². The fourth-order valence-electron chi connectivity index (χ4n) is 4.78. The van der Waals surface area contributed by atoms with Crippen molar-refractivity contribution in [2.45, 2.75) is 58.0 Å². The highest BCUT2D eigenvalue weighted by Crippen LogP contribution is 2.46. The van der Waals surface area contributed by atoms with E-state index in [-0.39, 0.29) is 17.8 Å². The molecule has 2 aromatic rings. The molecular weight excluding hydrogens is 485 g/mol. The third-order valence-corrected chi connectivity index (χ3v) is 7.53. The van der Waals surface area contributed by atoms with Gasteiger partial charge in [0, 0.05) is 29.3 Å². The summed E-state index contributed by atoms with van der Waals surface area (Å²) in [7, 11) is 1.63. The SMILES string of the molecule is CC[C@H](C)OC(=O)C1=C(C)NC2=C(C(=O)C[C@H](c3ccc(OC)cc3)C2)[C@H]1c1ccc(Cl)c(Cl)c1. The number of carbonyl (C=O) groups excluding carboxylic acids is 2. The zero-order valence-corrected chi connectivity index (χ0v) is 21.8. The average molecular weight is 514 g/mol. The minimum Gasteiger partial charge on any atom is -0.497 e. The van der Waals surface area contributed by atoms with Crippen molar-refractivity contribution in [3.05, 3.63) is 86.2 Å². The smallest absolute Gasteiger partial charge is 0.337 e. The number of ketones is 1. The number of hydrogen-bond acceptors (Lipinski definition) is 5. The van der Waals surface area contributed by atoms with Crippen LogP contribution in [0, 0.1) is 0 Å². The van der Waals surface area contributed by atoms with E-state index in [0.29, 0.717) is 46.2 Å². The number of hydrogen-bond donors (Lipinski definition) is 1. The van der Waals surface area contributed by atoms with Gasteiger partial charge in [-0.3, -0.25) is 4.79 Å². The fourth-order valence-corrected chi connectivity index (χ4v) is 5.08. The van der Waals surface area contributed by atoms with Gasteiger partial charge in [-0.1, -0.05) is 48.3 Å². The quantitative estimate of drug-likeness (QED) is 0.435. The molecule has 0 amide bonds. The molecular formula is C28H29Cl2NO4. The van der Waals surface area contributed by atoms with Crippen molar-refractivity contribution in [1.82, 2.24) is 5.32 Å². The molecule has 7 heteroatoms. The van der Waals surface area contributed by atoms with Gasteiger partial charge >= 0.3 is 5.97 Å². The Hall–Kier alpha value is -2.76. The highest BCUT2D eigenvalue weighted by molar-refractivity contribution is 6.42. The van der Waals surface area contributed by atoms with Gasteiger partial charge in [-0.15, -0.1) is 0 Å². The summed E-state index contributed by atoms with van der Waals surface area (Å²) in [4.78, 5) is 27.0. The van der Waals surface area contributed by atoms with Crippen LogP contribution in [0.2, 0.25) is 10.0 Å². The molecule has 1 aliphatic carbocycles. The number of ether oxygens (including phenoxy) is 2. The molecule has 4 rings (SSSR count). The molecule has 0 bridgehead atoms. The Morgan fingerprint density at radius 2 is 1.77 bits per heavy atom. The molecule has 0 unspecified atom stereocenters. The molecule has 0 saturated heterocycles. The molecule has 2 aromatic carbocycles. The van der Waals surface area contributed by atoms with Gasteiger partial charge in [0.25, 0.3) is 0 Å². The van der Waals surface area contributed by atoms with Gasteiger partial charge in [0.2, 0.25) is 0 Å². The first-order valence-corrected chi connectivity index (χ1v) is 12.5. The number of nitrogens with one attached hydrogen (secondary N) is 1. The maximum atomic E-state index is 13.7. The van der Waals surface area contributed by atoms with E-state index in [0.717, 1.165) is 22.6 Å². The maximum absolute atomic E-state index is 13.7. The number of benzene rings is 2. The predicted octanol–water partition coefficient (Wildman–Crippen LogP) is 6.71. The lowest BCUT2D eigenvalue weighted by Gasteiger charge is -2.37. The second-order valence-corrected chi connectivity index (χ2v) is 9.90. The first kappa shape index (κ1) is 25.3. The summed E-state index contributed by atoms with van der Waals surface area (Å²) >= 11 is 12.5. The van der Waals surface area contributed by atoms with Gasteiger partial charge in [-0.05, 0) is 68.0 Å². The summed E-state index contributed by atoms with van der Waals surface area (Å²) in [6, 6.07) is 13.1. The minimum absolute atomic E-state index is 0.00280. The Morgan fingerprint density at radius 3 is 2.40 bits per heavy atom. The molecule has 1 N–H and O–H groups in total. The lowest BCUT2D eigenvalue weighted by Crippen LogP contribution is -2.36. The van der Waals surface area contributed by atoms with Gasteiger partial charge in [0.05, 0.1) is 28.8 Å². The Morgan fingerprint density at radius 1 is 1.09 bits per heavy atom. The van der Waals surface area contributed by atoms with E-state index in [1.165, 1.54) is 0 Å². The van der Waals surface area contributed by atoms with E-state index >= 15 is 0 Å². The number of dihydropyridines is 1. The Labute approximate surface area is 216 Å². The molecule has 2 aliphatic rings. The van der Waals surface area contributed by atoms with Gasteiger partial charge in [0.15, 0.2) is 5.78 Å². The van der Waals surface area contributed by atoms with Crippen LogP contribution in [-0.2, 0) is 14.3 Å². The molecule has 0 aromatic heterocycles. The van der Waals surface area contributed by atoms with Crippen molar-refractivity contribution in [3.8, 4) is 5.75 Å². The van der Waals surface area contributed by atoms with Crippen LogP contribution in [0.4, 0.5) is 0 Å². The molecule has 0 radical (unpaired) electrons. The number of carbonyl (C=O) groups is 2. The van der Waals surface area contributed by atoms with E-state index in [9.17, 15) is 9.59 Å². The Balaban J connectivity index is 1.77. The predicted molar refractivity (Wildman–Crippen MR) is 138 cm³/mol.